The largest absolute Gasteiger partial charge is 0.416 e. The maximum atomic E-state index is 13.1. The Morgan fingerprint density at radius 2 is 1.68 bits per heavy atom. The average molecular weight is 550 g/mol. The van der Waals surface area contributed by atoms with Crippen LogP contribution in [0.2, 0.25) is 0 Å². The van der Waals surface area contributed by atoms with Gasteiger partial charge in [-0.2, -0.15) is 17.5 Å². The van der Waals surface area contributed by atoms with E-state index in [9.17, 15) is 26.4 Å². The zero-order valence-corrected chi connectivity index (χ0v) is 21.6. The average Bonchev–Trinajstić information content (AvgIpc) is 3.32. The van der Waals surface area contributed by atoms with E-state index in [1.165, 1.54) is 15.9 Å². The van der Waals surface area contributed by atoms with Crippen LogP contribution < -0.4 is 5.48 Å². The molecule has 0 atom stereocenters. The highest BCUT2D eigenvalue weighted by atomic mass is 32.2. The van der Waals surface area contributed by atoms with Gasteiger partial charge in [0.05, 0.1) is 10.5 Å². The normalized spacial score (nSPS) is 20.8. The number of carbonyl (C=O) groups excluding carboxylic acids is 1. The molecule has 3 heterocycles. The fourth-order valence-corrected chi connectivity index (χ4v) is 6.86. The van der Waals surface area contributed by atoms with E-state index in [-0.39, 0.29) is 31.8 Å². The number of benzene rings is 2. The number of sulfonamides is 1. The van der Waals surface area contributed by atoms with Gasteiger partial charge in [-0.1, -0.05) is 36.4 Å². The van der Waals surface area contributed by atoms with Crippen molar-refractivity contribution < 1.29 is 31.2 Å². The Labute approximate surface area is 220 Å². The second kappa shape index (κ2) is 10.3. The van der Waals surface area contributed by atoms with Gasteiger partial charge in [0, 0.05) is 26.2 Å². The van der Waals surface area contributed by atoms with E-state index in [1.807, 2.05) is 23.1 Å². The fourth-order valence-electron chi connectivity index (χ4n) is 5.38. The molecule has 2 fully saturated rings. The van der Waals surface area contributed by atoms with Crippen LogP contribution in [0, 0.1) is 5.92 Å². The molecule has 38 heavy (non-hydrogen) atoms. The summed E-state index contributed by atoms with van der Waals surface area (Å²) in [6.45, 7) is 1.43. The van der Waals surface area contributed by atoms with Crippen molar-refractivity contribution in [3.8, 4) is 0 Å². The van der Waals surface area contributed by atoms with Gasteiger partial charge in [-0.15, -0.1) is 0 Å². The SMILES string of the molecule is O=C(C1=CC2(CCN(S(=O)(=O)c3cccc(C(F)(F)F)c3)CC2)ON1)N1CCC(Cc2ccccc2)CC1. The minimum atomic E-state index is -4.63. The van der Waals surface area contributed by atoms with Crippen molar-refractivity contribution in [2.75, 3.05) is 26.2 Å². The zero-order chi connectivity index (χ0) is 27.0. The first kappa shape index (κ1) is 26.7. The molecule has 1 amide bonds. The number of rotatable bonds is 5. The van der Waals surface area contributed by atoms with Crippen LogP contribution in [0.4, 0.5) is 13.2 Å². The van der Waals surface area contributed by atoms with Crippen LogP contribution >= 0.6 is 0 Å². The van der Waals surface area contributed by atoms with Gasteiger partial charge < -0.3 is 4.90 Å². The quantitative estimate of drug-likeness (QED) is 0.607. The van der Waals surface area contributed by atoms with Crippen molar-refractivity contribution >= 4 is 15.9 Å². The summed E-state index contributed by atoms with van der Waals surface area (Å²) in [5.74, 6) is 0.386. The Hall–Kier alpha value is -2.89. The number of carbonyl (C=O) groups is 1. The Kier molecular flexibility index (Phi) is 7.27. The lowest BCUT2D eigenvalue weighted by Crippen LogP contribution is -2.46. The highest BCUT2D eigenvalue weighted by molar-refractivity contribution is 7.89. The zero-order valence-electron chi connectivity index (χ0n) is 20.8. The van der Waals surface area contributed by atoms with E-state index in [2.05, 4.69) is 17.6 Å². The molecule has 2 aromatic rings. The Bertz CT molecular complexity index is 1300. The molecule has 0 unspecified atom stereocenters. The van der Waals surface area contributed by atoms with Crippen LogP contribution in [-0.2, 0) is 32.3 Å². The summed E-state index contributed by atoms with van der Waals surface area (Å²) in [4.78, 5) is 20.3. The number of halogens is 3. The van der Waals surface area contributed by atoms with Crippen LogP contribution in [0.3, 0.4) is 0 Å². The Morgan fingerprint density at radius 3 is 2.34 bits per heavy atom. The summed E-state index contributed by atoms with van der Waals surface area (Å²) < 4.78 is 66.4. The van der Waals surface area contributed by atoms with Crippen LogP contribution in [0.1, 0.15) is 36.8 Å². The van der Waals surface area contributed by atoms with Gasteiger partial charge in [-0.05, 0) is 67.9 Å². The summed E-state index contributed by atoms with van der Waals surface area (Å²) in [5.41, 5.74) is 2.55. The maximum absolute atomic E-state index is 13.1. The molecule has 5 rings (SSSR count). The van der Waals surface area contributed by atoms with Crippen molar-refractivity contribution in [1.82, 2.24) is 14.7 Å². The van der Waals surface area contributed by atoms with E-state index in [0.717, 1.165) is 31.4 Å². The molecule has 2 aromatic carbocycles. The first-order valence-electron chi connectivity index (χ1n) is 12.7. The van der Waals surface area contributed by atoms with E-state index in [0.29, 0.717) is 30.8 Å². The summed E-state index contributed by atoms with van der Waals surface area (Å²) in [5, 5.41) is 0. The molecule has 0 aliphatic carbocycles. The lowest BCUT2D eigenvalue weighted by Gasteiger charge is -2.35. The maximum Gasteiger partial charge on any atom is 0.416 e. The van der Waals surface area contributed by atoms with E-state index in [4.69, 9.17) is 4.84 Å². The van der Waals surface area contributed by atoms with Gasteiger partial charge in [0.2, 0.25) is 10.0 Å². The highest BCUT2D eigenvalue weighted by Gasteiger charge is 2.43. The van der Waals surface area contributed by atoms with Gasteiger partial charge >= 0.3 is 6.18 Å². The predicted octanol–water partition coefficient (Wildman–Crippen LogP) is 4.13. The lowest BCUT2D eigenvalue weighted by atomic mass is 9.89. The minimum Gasteiger partial charge on any atom is -0.337 e. The first-order chi connectivity index (χ1) is 18.1. The van der Waals surface area contributed by atoms with E-state index < -0.39 is 32.3 Å². The van der Waals surface area contributed by atoms with Crippen LogP contribution in [0.15, 0.2) is 71.3 Å². The summed E-state index contributed by atoms with van der Waals surface area (Å²) in [6.07, 6.45) is 0.480. The number of amides is 1. The van der Waals surface area contributed by atoms with Gasteiger partial charge in [0.1, 0.15) is 11.3 Å². The Morgan fingerprint density at radius 1 is 1.00 bits per heavy atom. The van der Waals surface area contributed by atoms with Gasteiger partial charge in [0.25, 0.3) is 5.91 Å². The third-order valence-electron chi connectivity index (χ3n) is 7.64. The highest BCUT2D eigenvalue weighted by Crippen LogP contribution is 2.36. The fraction of sp³-hybridized carbons (Fsp3) is 0.444. The number of hydrogen-bond acceptors (Lipinski definition) is 5. The van der Waals surface area contributed by atoms with Crippen molar-refractivity contribution in [3.63, 3.8) is 0 Å². The molecule has 204 valence electrons. The molecular weight excluding hydrogens is 519 g/mol. The van der Waals surface area contributed by atoms with Gasteiger partial charge in [-0.25, -0.2) is 8.42 Å². The van der Waals surface area contributed by atoms with Gasteiger partial charge in [-0.3, -0.25) is 15.1 Å². The number of nitrogens with one attached hydrogen (secondary N) is 1. The second-order valence-corrected chi connectivity index (χ2v) is 12.1. The van der Waals surface area contributed by atoms with E-state index in [1.54, 1.807) is 6.08 Å². The number of alkyl halides is 3. The molecule has 3 aliphatic heterocycles. The summed E-state index contributed by atoms with van der Waals surface area (Å²) in [6, 6.07) is 14.1. The van der Waals surface area contributed by atoms with Crippen LogP contribution in [0.25, 0.3) is 0 Å². The van der Waals surface area contributed by atoms with Crippen molar-refractivity contribution in [1.29, 1.82) is 0 Å². The second-order valence-electron chi connectivity index (χ2n) is 10.2. The van der Waals surface area contributed by atoms with Crippen LogP contribution in [-0.4, -0.2) is 55.3 Å². The molecule has 0 aromatic heterocycles. The molecule has 11 heteroatoms. The molecule has 3 aliphatic rings. The molecule has 1 spiro atoms. The molecule has 7 nitrogen and oxygen atoms in total. The van der Waals surface area contributed by atoms with Crippen molar-refractivity contribution in [2.24, 2.45) is 5.92 Å². The molecule has 1 N–H and O–H groups in total. The first-order valence-corrected chi connectivity index (χ1v) is 14.2. The summed E-state index contributed by atoms with van der Waals surface area (Å²) >= 11 is 0. The predicted molar refractivity (Wildman–Crippen MR) is 134 cm³/mol. The van der Waals surface area contributed by atoms with E-state index >= 15 is 0 Å². The van der Waals surface area contributed by atoms with Crippen molar-refractivity contribution in [2.45, 2.75) is 48.8 Å². The number of likely N-dealkylation sites (tertiary alicyclic amines) is 1. The molecule has 0 bridgehead atoms. The number of hydrogen-bond donors (Lipinski definition) is 1. The Balaban J connectivity index is 1.18. The smallest absolute Gasteiger partial charge is 0.337 e. The minimum absolute atomic E-state index is 0.0586. The molecular formula is C27H30F3N3O4S. The molecule has 2 saturated heterocycles. The molecule has 0 radical (unpaired) electrons. The number of nitrogens with zero attached hydrogens (tertiary/aromatic N) is 2. The lowest BCUT2D eigenvalue weighted by molar-refractivity contribution is -0.137. The standard InChI is InChI=1S/C27H30F3N3O4S/c28-27(29,30)22-7-4-8-23(18-22)38(35,36)33-15-11-26(12-16-33)19-24(31-37-26)25(34)32-13-9-21(10-14-32)17-20-5-2-1-3-6-20/h1-8,18-19,21,31H,9-17H2. The molecule has 0 saturated carbocycles. The number of hydroxylamine groups is 1. The van der Waals surface area contributed by atoms with Crippen LogP contribution in [0.5, 0.6) is 0 Å². The third kappa shape index (κ3) is 5.60. The monoisotopic (exact) mass is 549 g/mol. The summed E-state index contributed by atoms with van der Waals surface area (Å²) in [7, 11) is -4.10. The van der Waals surface area contributed by atoms with Crippen molar-refractivity contribution in [3.05, 3.63) is 77.5 Å². The van der Waals surface area contributed by atoms with Gasteiger partial charge in [0.15, 0.2) is 0 Å². The number of piperidine rings is 2. The third-order valence-corrected chi connectivity index (χ3v) is 9.53. The topological polar surface area (TPSA) is 79.0 Å².